The fourth-order valence-electron chi connectivity index (χ4n) is 1.68. The highest BCUT2D eigenvalue weighted by Crippen LogP contribution is 2.24. The second-order valence-corrected chi connectivity index (χ2v) is 3.41. The van der Waals surface area contributed by atoms with Gasteiger partial charge in [-0.2, -0.15) is 13.2 Å². The van der Waals surface area contributed by atoms with Crippen molar-refractivity contribution < 1.29 is 18.0 Å². The highest BCUT2D eigenvalue weighted by Gasteiger charge is 2.36. The van der Waals surface area contributed by atoms with E-state index in [0.29, 0.717) is 13.0 Å². The first-order valence-corrected chi connectivity index (χ1v) is 4.50. The Bertz CT molecular complexity index is 217. The maximum Gasteiger partial charge on any atom is 0.397 e. The summed E-state index contributed by atoms with van der Waals surface area (Å²) in [7, 11) is 0. The smallest absolute Gasteiger partial charge is 0.338 e. The molecule has 82 valence electrons. The van der Waals surface area contributed by atoms with Crippen molar-refractivity contribution in [3.05, 3.63) is 0 Å². The van der Waals surface area contributed by atoms with E-state index in [2.05, 4.69) is 0 Å². The monoisotopic (exact) mass is 210 g/mol. The van der Waals surface area contributed by atoms with E-state index in [4.69, 9.17) is 5.73 Å². The fraction of sp³-hybridized carbons (Fsp3) is 0.875. The zero-order valence-corrected chi connectivity index (χ0v) is 7.68. The average molecular weight is 210 g/mol. The van der Waals surface area contributed by atoms with Crippen LogP contribution in [0.1, 0.15) is 19.3 Å². The number of nitrogens with zero attached hydrogens (tertiary/aromatic N) is 1. The summed E-state index contributed by atoms with van der Waals surface area (Å²) in [6.07, 6.45) is -4.34. The van der Waals surface area contributed by atoms with Gasteiger partial charge in [-0.1, -0.05) is 0 Å². The SMILES string of the molecule is NCC1CCCN1C(=O)CC(F)(F)F. The zero-order valence-electron chi connectivity index (χ0n) is 7.68. The molecule has 0 saturated carbocycles. The first kappa shape index (κ1) is 11.3. The third kappa shape index (κ3) is 2.87. The van der Waals surface area contributed by atoms with Crippen LogP contribution < -0.4 is 5.73 Å². The van der Waals surface area contributed by atoms with Crippen LogP contribution in [0, 0.1) is 0 Å². The third-order valence-corrected chi connectivity index (χ3v) is 2.32. The van der Waals surface area contributed by atoms with E-state index in [0.717, 1.165) is 6.42 Å². The number of hydrogen-bond donors (Lipinski definition) is 1. The molecule has 1 fully saturated rings. The van der Waals surface area contributed by atoms with Gasteiger partial charge in [0, 0.05) is 19.1 Å². The molecule has 1 heterocycles. The lowest BCUT2D eigenvalue weighted by Crippen LogP contribution is -2.41. The Kier molecular flexibility index (Phi) is 3.36. The van der Waals surface area contributed by atoms with Gasteiger partial charge in [0.15, 0.2) is 0 Å². The molecule has 1 aliphatic rings. The van der Waals surface area contributed by atoms with Crippen LogP contribution >= 0.6 is 0 Å². The number of carbonyl (C=O) groups is 1. The third-order valence-electron chi connectivity index (χ3n) is 2.32. The van der Waals surface area contributed by atoms with Crippen molar-refractivity contribution in [1.29, 1.82) is 0 Å². The number of carbonyl (C=O) groups excluding carboxylic acids is 1. The van der Waals surface area contributed by atoms with Crippen LogP contribution in [-0.2, 0) is 4.79 Å². The Hall–Kier alpha value is -0.780. The van der Waals surface area contributed by atoms with Crippen molar-refractivity contribution in [3.8, 4) is 0 Å². The maximum atomic E-state index is 11.9. The van der Waals surface area contributed by atoms with Crippen LogP contribution in [0.4, 0.5) is 13.2 Å². The molecule has 0 aromatic carbocycles. The summed E-state index contributed by atoms with van der Waals surface area (Å²) in [5.74, 6) is -0.856. The number of rotatable bonds is 2. The summed E-state index contributed by atoms with van der Waals surface area (Å²) < 4.78 is 35.7. The summed E-state index contributed by atoms with van der Waals surface area (Å²) in [4.78, 5) is 12.4. The molecule has 2 N–H and O–H groups in total. The lowest BCUT2D eigenvalue weighted by atomic mass is 10.2. The van der Waals surface area contributed by atoms with E-state index in [9.17, 15) is 18.0 Å². The minimum Gasteiger partial charge on any atom is -0.338 e. The lowest BCUT2D eigenvalue weighted by molar-refractivity contribution is -0.161. The van der Waals surface area contributed by atoms with Gasteiger partial charge in [-0.25, -0.2) is 0 Å². The van der Waals surface area contributed by atoms with Crippen LogP contribution in [0.3, 0.4) is 0 Å². The van der Waals surface area contributed by atoms with Gasteiger partial charge in [-0.05, 0) is 12.8 Å². The van der Waals surface area contributed by atoms with Gasteiger partial charge in [-0.3, -0.25) is 4.79 Å². The second-order valence-electron chi connectivity index (χ2n) is 3.41. The van der Waals surface area contributed by atoms with Gasteiger partial charge < -0.3 is 10.6 Å². The molecule has 0 aliphatic carbocycles. The summed E-state index contributed by atoms with van der Waals surface area (Å²) in [6, 6.07) is -0.204. The number of alkyl halides is 3. The first-order chi connectivity index (χ1) is 6.44. The molecular formula is C8H13F3N2O. The topological polar surface area (TPSA) is 46.3 Å². The predicted octanol–water partition coefficient (Wildman–Crippen LogP) is 0.888. The number of amides is 1. The summed E-state index contributed by atoms with van der Waals surface area (Å²) in [6.45, 7) is 0.639. The Balaban J connectivity index is 2.52. The van der Waals surface area contributed by atoms with Crippen LogP contribution in [0.2, 0.25) is 0 Å². The largest absolute Gasteiger partial charge is 0.397 e. The number of halogens is 3. The normalized spacial score (nSPS) is 22.9. The van der Waals surface area contributed by atoms with E-state index in [-0.39, 0.29) is 12.6 Å². The van der Waals surface area contributed by atoms with E-state index < -0.39 is 18.5 Å². The Labute approximate surface area is 80.0 Å². The number of likely N-dealkylation sites (tertiary alicyclic amines) is 1. The highest BCUT2D eigenvalue weighted by molar-refractivity contribution is 5.77. The van der Waals surface area contributed by atoms with Crippen LogP contribution in [-0.4, -0.2) is 36.1 Å². The van der Waals surface area contributed by atoms with Gasteiger partial charge in [-0.15, -0.1) is 0 Å². The maximum absolute atomic E-state index is 11.9. The van der Waals surface area contributed by atoms with Gasteiger partial charge in [0.25, 0.3) is 0 Å². The molecule has 3 nitrogen and oxygen atoms in total. The molecule has 0 radical (unpaired) electrons. The summed E-state index contributed by atoms with van der Waals surface area (Å²) in [5, 5.41) is 0. The van der Waals surface area contributed by atoms with Crippen LogP contribution in [0.5, 0.6) is 0 Å². The first-order valence-electron chi connectivity index (χ1n) is 4.50. The molecule has 1 saturated heterocycles. The van der Waals surface area contributed by atoms with Crippen LogP contribution in [0.25, 0.3) is 0 Å². The Morgan fingerprint density at radius 2 is 2.14 bits per heavy atom. The molecule has 1 aliphatic heterocycles. The lowest BCUT2D eigenvalue weighted by Gasteiger charge is -2.23. The molecule has 0 bridgehead atoms. The highest BCUT2D eigenvalue weighted by atomic mass is 19.4. The molecule has 6 heteroatoms. The molecule has 1 unspecified atom stereocenters. The average Bonchev–Trinajstić information content (AvgIpc) is 2.47. The van der Waals surface area contributed by atoms with Crippen molar-refractivity contribution >= 4 is 5.91 Å². The van der Waals surface area contributed by atoms with Gasteiger partial charge in [0.1, 0.15) is 6.42 Å². The Morgan fingerprint density at radius 3 is 2.64 bits per heavy atom. The molecule has 14 heavy (non-hydrogen) atoms. The van der Waals surface area contributed by atoms with Gasteiger partial charge >= 0.3 is 6.18 Å². The van der Waals surface area contributed by atoms with Crippen molar-refractivity contribution in [2.45, 2.75) is 31.5 Å². The number of nitrogens with two attached hydrogens (primary N) is 1. The zero-order chi connectivity index (χ0) is 10.8. The van der Waals surface area contributed by atoms with E-state index >= 15 is 0 Å². The van der Waals surface area contributed by atoms with Crippen molar-refractivity contribution in [3.63, 3.8) is 0 Å². The van der Waals surface area contributed by atoms with E-state index in [1.165, 1.54) is 4.90 Å². The second kappa shape index (κ2) is 4.16. The molecular weight excluding hydrogens is 197 g/mol. The van der Waals surface area contributed by atoms with Crippen molar-refractivity contribution in [2.24, 2.45) is 5.73 Å². The van der Waals surface area contributed by atoms with E-state index in [1.807, 2.05) is 0 Å². The molecule has 0 aromatic heterocycles. The summed E-state index contributed by atoms with van der Waals surface area (Å²) in [5.41, 5.74) is 5.35. The van der Waals surface area contributed by atoms with Crippen molar-refractivity contribution in [1.82, 2.24) is 4.90 Å². The quantitative estimate of drug-likeness (QED) is 0.735. The fourth-order valence-corrected chi connectivity index (χ4v) is 1.68. The molecule has 1 amide bonds. The molecule has 1 rings (SSSR count). The standard InChI is InChI=1S/C8H13F3N2O/c9-8(10,11)4-7(14)13-3-1-2-6(13)5-12/h6H,1-5,12H2. The Morgan fingerprint density at radius 1 is 1.50 bits per heavy atom. The predicted molar refractivity (Wildman–Crippen MR) is 44.5 cm³/mol. The molecule has 0 spiro atoms. The summed E-state index contributed by atoms with van der Waals surface area (Å²) >= 11 is 0. The number of hydrogen-bond acceptors (Lipinski definition) is 2. The molecule has 0 aromatic rings. The molecule has 1 atom stereocenters. The van der Waals surface area contributed by atoms with Gasteiger partial charge in [0.05, 0.1) is 0 Å². The van der Waals surface area contributed by atoms with Crippen molar-refractivity contribution in [2.75, 3.05) is 13.1 Å². The van der Waals surface area contributed by atoms with E-state index in [1.54, 1.807) is 0 Å². The van der Waals surface area contributed by atoms with Crippen LogP contribution in [0.15, 0.2) is 0 Å². The van der Waals surface area contributed by atoms with Gasteiger partial charge in [0.2, 0.25) is 5.91 Å². The minimum atomic E-state index is -4.42. The minimum absolute atomic E-state index is 0.204.